The van der Waals surface area contributed by atoms with Gasteiger partial charge in [0, 0.05) is 18.0 Å². The molecule has 3 nitrogen and oxygen atoms in total. The Balaban J connectivity index is 2.27. The first-order valence-electron chi connectivity index (χ1n) is 7.69. The SMILES string of the molecule is CSc1cccc(N2CCCC(C(C)C)CC2)c1C(=O)O. The quantitative estimate of drug-likeness (QED) is 0.839. The summed E-state index contributed by atoms with van der Waals surface area (Å²) in [7, 11) is 0. The summed E-state index contributed by atoms with van der Waals surface area (Å²) in [6.45, 7) is 6.50. The molecule has 1 aromatic carbocycles. The molecule has 0 saturated carbocycles. The summed E-state index contributed by atoms with van der Waals surface area (Å²) in [4.78, 5) is 14.8. The molecule has 1 atom stereocenters. The highest BCUT2D eigenvalue weighted by atomic mass is 32.2. The van der Waals surface area contributed by atoms with E-state index in [-0.39, 0.29) is 0 Å². The van der Waals surface area contributed by atoms with E-state index in [1.165, 1.54) is 18.2 Å². The van der Waals surface area contributed by atoms with Crippen LogP contribution in [-0.2, 0) is 0 Å². The van der Waals surface area contributed by atoms with Gasteiger partial charge in [-0.3, -0.25) is 0 Å². The maximum Gasteiger partial charge on any atom is 0.338 e. The van der Waals surface area contributed by atoms with Crippen molar-refractivity contribution in [3.05, 3.63) is 23.8 Å². The number of anilines is 1. The van der Waals surface area contributed by atoms with E-state index in [9.17, 15) is 9.90 Å². The Labute approximate surface area is 131 Å². The fourth-order valence-electron chi connectivity index (χ4n) is 3.20. The second-order valence-corrected chi connectivity index (χ2v) is 6.93. The van der Waals surface area contributed by atoms with Gasteiger partial charge in [0.25, 0.3) is 0 Å². The first kappa shape index (κ1) is 16.2. The number of carboxylic acids is 1. The lowest BCUT2D eigenvalue weighted by atomic mass is 9.89. The zero-order chi connectivity index (χ0) is 15.4. The highest BCUT2D eigenvalue weighted by Gasteiger charge is 2.23. The van der Waals surface area contributed by atoms with Gasteiger partial charge in [-0.25, -0.2) is 4.79 Å². The average Bonchev–Trinajstić information content (AvgIpc) is 2.72. The molecule has 0 amide bonds. The summed E-state index contributed by atoms with van der Waals surface area (Å²) in [6, 6.07) is 5.82. The molecular weight excluding hydrogens is 282 g/mol. The molecule has 116 valence electrons. The van der Waals surface area contributed by atoms with E-state index in [0.29, 0.717) is 11.5 Å². The van der Waals surface area contributed by atoms with Crippen molar-refractivity contribution in [2.45, 2.75) is 38.0 Å². The second-order valence-electron chi connectivity index (χ2n) is 6.08. The topological polar surface area (TPSA) is 40.5 Å². The van der Waals surface area contributed by atoms with Gasteiger partial charge in [-0.05, 0) is 49.5 Å². The van der Waals surface area contributed by atoms with Crippen molar-refractivity contribution < 1.29 is 9.90 Å². The van der Waals surface area contributed by atoms with Crippen LogP contribution in [-0.4, -0.2) is 30.4 Å². The van der Waals surface area contributed by atoms with E-state index in [0.717, 1.165) is 42.4 Å². The Morgan fingerprint density at radius 2 is 2.10 bits per heavy atom. The summed E-state index contributed by atoms with van der Waals surface area (Å²) in [6.07, 6.45) is 5.48. The molecule has 2 rings (SSSR count). The van der Waals surface area contributed by atoms with E-state index >= 15 is 0 Å². The molecule has 1 saturated heterocycles. The van der Waals surface area contributed by atoms with Gasteiger partial charge in [0.15, 0.2) is 0 Å². The summed E-state index contributed by atoms with van der Waals surface area (Å²) < 4.78 is 0. The summed E-state index contributed by atoms with van der Waals surface area (Å²) in [5.74, 6) is 0.646. The van der Waals surface area contributed by atoms with Crippen LogP contribution in [0.5, 0.6) is 0 Å². The van der Waals surface area contributed by atoms with Crippen molar-refractivity contribution in [1.82, 2.24) is 0 Å². The minimum absolute atomic E-state index is 0.466. The number of carbonyl (C=O) groups is 1. The maximum atomic E-state index is 11.7. The van der Waals surface area contributed by atoms with Crippen LogP contribution in [0, 0.1) is 11.8 Å². The van der Waals surface area contributed by atoms with Crippen molar-refractivity contribution in [3.63, 3.8) is 0 Å². The van der Waals surface area contributed by atoms with E-state index < -0.39 is 5.97 Å². The number of aromatic carboxylic acids is 1. The van der Waals surface area contributed by atoms with Crippen molar-refractivity contribution in [2.24, 2.45) is 11.8 Å². The lowest BCUT2D eigenvalue weighted by Gasteiger charge is -2.26. The van der Waals surface area contributed by atoms with E-state index in [1.54, 1.807) is 0 Å². The largest absolute Gasteiger partial charge is 0.478 e. The Morgan fingerprint density at radius 3 is 2.71 bits per heavy atom. The van der Waals surface area contributed by atoms with Gasteiger partial charge < -0.3 is 10.0 Å². The van der Waals surface area contributed by atoms with Gasteiger partial charge in [0.2, 0.25) is 0 Å². The van der Waals surface area contributed by atoms with Crippen molar-refractivity contribution >= 4 is 23.4 Å². The standard InChI is InChI=1S/C17H25NO2S/c1-12(2)13-6-5-10-18(11-9-13)14-7-4-8-15(21-3)16(14)17(19)20/h4,7-8,12-13H,5-6,9-11H2,1-3H3,(H,19,20). The van der Waals surface area contributed by atoms with Gasteiger partial charge in [-0.15, -0.1) is 11.8 Å². The molecule has 0 aromatic heterocycles. The zero-order valence-corrected chi connectivity index (χ0v) is 13.9. The third kappa shape index (κ3) is 3.73. The third-order valence-electron chi connectivity index (χ3n) is 4.49. The maximum absolute atomic E-state index is 11.7. The fraction of sp³-hybridized carbons (Fsp3) is 0.588. The normalized spacial score (nSPS) is 19.6. The number of hydrogen-bond donors (Lipinski definition) is 1. The number of rotatable bonds is 4. The lowest BCUT2D eigenvalue weighted by Crippen LogP contribution is -2.26. The Hall–Kier alpha value is -1.16. The van der Waals surface area contributed by atoms with Crippen LogP contribution in [0.25, 0.3) is 0 Å². The monoisotopic (exact) mass is 307 g/mol. The molecule has 1 aliphatic heterocycles. The van der Waals surface area contributed by atoms with Gasteiger partial charge >= 0.3 is 5.97 Å². The van der Waals surface area contributed by atoms with Crippen molar-refractivity contribution in [1.29, 1.82) is 0 Å². The molecule has 0 spiro atoms. The van der Waals surface area contributed by atoms with Crippen LogP contribution in [0.4, 0.5) is 5.69 Å². The van der Waals surface area contributed by atoms with E-state index in [2.05, 4.69) is 18.7 Å². The number of hydrogen-bond acceptors (Lipinski definition) is 3. The zero-order valence-electron chi connectivity index (χ0n) is 13.1. The minimum Gasteiger partial charge on any atom is -0.478 e. The number of nitrogens with zero attached hydrogens (tertiary/aromatic N) is 1. The average molecular weight is 307 g/mol. The number of carboxylic acid groups (broad SMARTS) is 1. The van der Waals surface area contributed by atoms with Gasteiger partial charge in [0.05, 0.1) is 11.3 Å². The second kappa shape index (κ2) is 7.21. The van der Waals surface area contributed by atoms with Gasteiger partial charge in [0.1, 0.15) is 0 Å². The molecule has 1 N–H and O–H groups in total. The molecule has 1 heterocycles. The Morgan fingerprint density at radius 1 is 1.33 bits per heavy atom. The highest BCUT2D eigenvalue weighted by Crippen LogP contribution is 2.33. The van der Waals surface area contributed by atoms with Crippen molar-refractivity contribution in [3.8, 4) is 0 Å². The Kier molecular flexibility index (Phi) is 5.57. The molecule has 0 radical (unpaired) electrons. The predicted octanol–water partition coefficient (Wildman–Crippen LogP) is 4.37. The Bertz CT molecular complexity index is 502. The summed E-state index contributed by atoms with van der Waals surface area (Å²) >= 11 is 1.51. The van der Waals surface area contributed by atoms with Gasteiger partial charge in [-0.2, -0.15) is 0 Å². The molecule has 0 aliphatic carbocycles. The van der Waals surface area contributed by atoms with Crippen LogP contribution in [0.15, 0.2) is 23.1 Å². The summed E-state index contributed by atoms with van der Waals surface area (Å²) in [5.41, 5.74) is 1.35. The van der Waals surface area contributed by atoms with Crippen LogP contribution in [0.3, 0.4) is 0 Å². The third-order valence-corrected chi connectivity index (χ3v) is 5.27. The first-order valence-corrected chi connectivity index (χ1v) is 8.92. The number of thioether (sulfide) groups is 1. The van der Waals surface area contributed by atoms with E-state index in [4.69, 9.17) is 0 Å². The first-order chi connectivity index (χ1) is 10.0. The highest BCUT2D eigenvalue weighted by molar-refractivity contribution is 7.98. The minimum atomic E-state index is -0.820. The molecule has 21 heavy (non-hydrogen) atoms. The van der Waals surface area contributed by atoms with Crippen molar-refractivity contribution in [2.75, 3.05) is 24.2 Å². The molecule has 4 heteroatoms. The van der Waals surface area contributed by atoms with E-state index in [1.807, 2.05) is 24.5 Å². The van der Waals surface area contributed by atoms with Crippen LogP contribution >= 0.6 is 11.8 Å². The molecule has 1 unspecified atom stereocenters. The van der Waals surface area contributed by atoms with Crippen LogP contribution in [0.1, 0.15) is 43.5 Å². The van der Waals surface area contributed by atoms with Crippen LogP contribution < -0.4 is 4.90 Å². The molecule has 1 aromatic rings. The lowest BCUT2D eigenvalue weighted by molar-refractivity contribution is 0.0694. The molecule has 1 fully saturated rings. The molecule has 1 aliphatic rings. The summed E-state index contributed by atoms with van der Waals surface area (Å²) in [5, 5.41) is 9.58. The molecule has 0 bridgehead atoms. The molecular formula is C17H25NO2S. The smallest absolute Gasteiger partial charge is 0.338 e. The van der Waals surface area contributed by atoms with Gasteiger partial charge in [-0.1, -0.05) is 19.9 Å². The fourth-order valence-corrected chi connectivity index (χ4v) is 3.81. The predicted molar refractivity (Wildman–Crippen MR) is 89.6 cm³/mol. The number of benzene rings is 1. The van der Waals surface area contributed by atoms with Crippen LogP contribution in [0.2, 0.25) is 0 Å².